The number of carbonyl (C=O) groups is 1. The zero-order valence-electron chi connectivity index (χ0n) is 15.2. The fraction of sp³-hybridized carbons (Fsp3) is 0.588. The van der Waals surface area contributed by atoms with Crippen LogP contribution in [-0.2, 0) is 11.2 Å². The Kier molecular flexibility index (Phi) is 7.16. The molecule has 1 saturated heterocycles. The summed E-state index contributed by atoms with van der Waals surface area (Å²) in [4.78, 5) is 21.9. The molecule has 0 radical (unpaired) electrons. The van der Waals surface area contributed by atoms with Gasteiger partial charge in [0.2, 0.25) is 17.6 Å². The smallest absolute Gasteiger partial charge is 0.242 e. The fourth-order valence-electron chi connectivity index (χ4n) is 2.90. The first kappa shape index (κ1) is 20.8. The maximum Gasteiger partial charge on any atom is 0.242 e. The molecule has 0 atom stereocenters. The van der Waals surface area contributed by atoms with E-state index >= 15 is 0 Å². The molecule has 0 spiro atoms. The van der Waals surface area contributed by atoms with Crippen molar-refractivity contribution in [1.29, 1.82) is 0 Å². The molecule has 1 aliphatic heterocycles. The second-order valence-corrected chi connectivity index (χ2v) is 7.90. The summed E-state index contributed by atoms with van der Waals surface area (Å²) in [5.74, 6) is 1.38. The van der Waals surface area contributed by atoms with Crippen LogP contribution in [0.1, 0.15) is 26.2 Å². The summed E-state index contributed by atoms with van der Waals surface area (Å²) in [5, 5.41) is 6.03. The van der Waals surface area contributed by atoms with Crippen LogP contribution in [0.4, 0.5) is 0 Å². The van der Waals surface area contributed by atoms with Crippen LogP contribution in [0, 0.1) is 0 Å². The Morgan fingerprint density at radius 2 is 2.08 bits per heavy atom. The number of aryl methyl sites for hydroxylation is 1. The van der Waals surface area contributed by atoms with Crippen molar-refractivity contribution < 1.29 is 9.32 Å². The minimum atomic E-state index is -0.791. The first-order valence-electron chi connectivity index (χ1n) is 8.60. The van der Waals surface area contributed by atoms with E-state index in [1.54, 1.807) is 25.2 Å². The summed E-state index contributed by atoms with van der Waals surface area (Å²) in [6.45, 7) is 7.72. The third kappa shape index (κ3) is 5.26. The number of carbonyl (C=O) groups excluding carboxylic acids is 1. The first-order chi connectivity index (χ1) is 11.9. The van der Waals surface area contributed by atoms with Gasteiger partial charge in [-0.2, -0.15) is 4.98 Å². The monoisotopic (exact) mass is 399 g/mol. The van der Waals surface area contributed by atoms with Crippen LogP contribution in [0.5, 0.6) is 0 Å². The van der Waals surface area contributed by atoms with E-state index in [-0.39, 0.29) is 18.3 Å². The number of rotatable bonds is 6. The van der Waals surface area contributed by atoms with Crippen molar-refractivity contribution in [2.24, 2.45) is 5.73 Å². The van der Waals surface area contributed by atoms with Gasteiger partial charge < -0.3 is 15.2 Å². The van der Waals surface area contributed by atoms with Crippen LogP contribution in [0.3, 0.4) is 0 Å². The van der Waals surface area contributed by atoms with Gasteiger partial charge in [-0.1, -0.05) is 11.2 Å². The number of hydrogen-bond donors (Lipinski definition) is 1. The lowest BCUT2D eigenvalue weighted by Gasteiger charge is -2.37. The van der Waals surface area contributed by atoms with Crippen LogP contribution in [0.25, 0.3) is 10.7 Å². The van der Waals surface area contributed by atoms with Crippen molar-refractivity contribution in [3.8, 4) is 10.7 Å². The quantitative estimate of drug-likeness (QED) is 0.799. The molecule has 3 rings (SSSR count). The number of nitrogens with two attached hydrogens (primary N) is 1. The zero-order chi connectivity index (χ0) is 17.9. The molecule has 7 nitrogen and oxygen atoms in total. The Hall–Kier alpha value is -1.48. The van der Waals surface area contributed by atoms with E-state index in [9.17, 15) is 4.79 Å². The molecule has 3 heterocycles. The van der Waals surface area contributed by atoms with Crippen LogP contribution < -0.4 is 5.73 Å². The lowest BCUT2D eigenvalue weighted by molar-refractivity contribution is -0.137. The summed E-state index contributed by atoms with van der Waals surface area (Å²) >= 11 is 1.61. The number of nitrogens with zero attached hydrogens (tertiary/aromatic N) is 4. The maximum absolute atomic E-state index is 12.2. The average Bonchev–Trinajstić information content (AvgIpc) is 3.25. The molecule has 1 fully saturated rings. The molecule has 26 heavy (non-hydrogen) atoms. The van der Waals surface area contributed by atoms with Gasteiger partial charge in [-0.25, -0.2) is 0 Å². The van der Waals surface area contributed by atoms with E-state index < -0.39 is 5.54 Å². The van der Waals surface area contributed by atoms with Crippen molar-refractivity contribution in [3.63, 3.8) is 0 Å². The Balaban J connectivity index is 0.00000243. The predicted molar refractivity (Wildman–Crippen MR) is 104 cm³/mol. The molecule has 0 saturated carbocycles. The third-order valence-corrected chi connectivity index (χ3v) is 5.15. The highest BCUT2D eigenvalue weighted by Crippen LogP contribution is 2.21. The average molecular weight is 400 g/mol. The Morgan fingerprint density at radius 1 is 1.35 bits per heavy atom. The van der Waals surface area contributed by atoms with E-state index in [1.165, 1.54) is 0 Å². The molecule has 144 valence electrons. The molecule has 0 bridgehead atoms. The molecular weight excluding hydrogens is 374 g/mol. The second-order valence-electron chi connectivity index (χ2n) is 6.95. The van der Waals surface area contributed by atoms with Crippen LogP contribution in [0.2, 0.25) is 0 Å². The zero-order valence-corrected chi connectivity index (χ0v) is 16.8. The van der Waals surface area contributed by atoms with Crippen molar-refractivity contribution in [1.82, 2.24) is 19.9 Å². The van der Waals surface area contributed by atoms with E-state index in [0.717, 1.165) is 50.4 Å². The number of aromatic nitrogens is 2. The number of hydrogen-bond acceptors (Lipinski definition) is 7. The number of halogens is 1. The molecule has 2 N–H and O–H groups in total. The summed E-state index contributed by atoms with van der Waals surface area (Å²) < 4.78 is 5.32. The molecule has 9 heteroatoms. The van der Waals surface area contributed by atoms with Crippen LogP contribution >= 0.6 is 23.7 Å². The van der Waals surface area contributed by atoms with E-state index in [2.05, 4.69) is 15.0 Å². The topological polar surface area (TPSA) is 88.5 Å². The molecule has 0 aromatic carbocycles. The van der Waals surface area contributed by atoms with Gasteiger partial charge in [-0.15, -0.1) is 23.7 Å². The highest BCUT2D eigenvalue weighted by molar-refractivity contribution is 7.13. The van der Waals surface area contributed by atoms with Crippen molar-refractivity contribution in [2.75, 3.05) is 32.7 Å². The maximum atomic E-state index is 12.2. The van der Waals surface area contributed by atoms with Gasteiger partial charge in [0, 0.05) is 32.6 Å². The lowest BCUT2D eigenvalue weighted by atomic mass is 10.0. The highest BCUT2D eigenvalue weighted by Gasteiger charge is 2.30. The lowest BCUT2D eigenvalue weighted by Crippen LogP contribution is -2.57. The van der Waals surface area contributed by atoms with Gasteiger partial charge in [0.05, 0.1) is 10.4 Å². The van der Waals surface area contributed by atoms with E-state index in [4.69, 9.17) is 10.3 Å². The summed E-state index contributed by atoms with van der Waals surface area (Å²) in [6.07, 6.45) is 1.73. The first-order valence-corrected chi connectivity index (χ1v) is 9.48. The Morgan fingerprint density at radius 3 is 2.69 bits per heavy atom. The second kappa shape index (κ2) is 8.94. The van der Waals surface area contributed by atoms with E-state index in [1.807, 2.05) is 22.4 Å². The SMILES string of the molecule is CC(C)(N)C(=O)N1CCN(CCCc2nc(-c3cccs3)no2)CC1.Cl. The largest absolute Gasteiger partial charge is 0.339 e. The summed E-state index contributed by atoms with van der Waals surface area (Å²) in [6, 6.07) is 3.97. The molecule has 0 unspecified atom stereocenters. The van der Waals surface area contributed by atoms with Crippen molar-refractivity contribution in [3.05, 3.63) is 23.4 Å². The number of piperazine rings is 1. The standard InChI is InChI=1S/C17H25N5O2S.ClH/c1-17(2,18)16(23)22-10-8-21(9-11-22)7-3-6-14-19-15(20-24-14)13-5-4-12-25-13;/h4-5,12H,3,6-11,18H2,1-2H3;1H. The number of thiophene rings is 1. The van der Waals surface area contributed by atoms with Gasteiger partial charge in [-0.05, 0) is 38.3 Å². The van der Waals surface area contributed by atoms with Gasteiger partial charge in [0.1, 0.15) is 0 Å². The minimum Gasteiger partial charge on any atom is -0.339 e. The van der Waals surface area contributed by atoms with Gasteiger partial charge in [0.15, 0.2) is 0 Å². The van der Waals surface area contributed by atoms with Gasteiger partial charge >= 0.3 is 0 Å². The molecule has 0 aliphatic carbocycles. The van der Waals surface area contributed by atoms with Gasteiger partial charge in [0.25, 0.3) is 0 Å². The highest BCUT2D eigenvalue weighted by atomic mass is 35.5. The molecule has 1 amide bonds. The van der Waals surface area contributed by atoms with Crippen molar-refractivity contribution >= 4 is 29.7 Å². The normalized spacial score (nSPS) is 15.7. The fourth-order valence-corrected chi connectivity index (χ4v) is 3.55. The van der Waals surface area contributed by atoms with E-state index in [0.29, 0.717) is 11.7 Å². The number of amides is 1. The van der Waals surface area contributed by atoms with Crippen molar-refractivity contribution in [2.45, 2.75) is 32.2 Å². The summed E-state index contributed by atoms with van der Waals surface area (Å²) in [5.41, 5.74) is 5.11. The molecule has 2 aromatic rings. The Labute approximate surface area is 163 Å². The molecule has 2 aromatic heterocycles. The Bertz CT molecular complexity index is 690. The predicted octanol–water partition coefficient (Wildman–Crippen LogP) is 2.03. The van der Waals surface area contributed by atoms with Crippen LogP contribution in [-0.4, -0.2) is 64.1 Å². The van der Waals surface area contributed by atoms with Crippen LogP contribution in [0.15, 0.2) is 22.0 Å². The molecule has 1 aliphatic rings. The third-order valence-electron chi connectivity index (χ3n) is 4.29. The molecular formula is C17H26ClN5O2S. The minimum absolute atomic E-state index is 0. The summed E-state index contributed by atoms with van der Waals surface area (Å²) in [7, 11) is 0. The van der Waals surface area contributed by atoms with Gasteiger partial charge in [-0.3, -0.25) is 9.69 Å².